The van der Waals surface area contributed by atoms with Gasteiger partial charge in [0.1, 0.15) is 6.61 Å². The average Bonchev–Trinajstić information content (AvgIpc) is 1.83. The van der Waals surface area contributed by atoms with Crippen molar-refractivity contribution in [2.75, 3.05) is 6.61 Å². The second kappa shape index (κ2) is 3.86. The van der Waals surface area contributed by atoms with E-state index in [1.165, 1.54) is 6.08 Å². The minimum Gasteiger partial charge on any atom is -0.366 e. The van der Waals surface area contributed by atoms with Crippen molar-refractivity contribution >= 4 is 5.91 Å². The molecule has 0 bridgehead atoms. The molecule has 0 spiro atoms. The lowest BCUT2D eigenvalue weighted by atomic mass is 10.3. The molecule has 0 aromatic carbocycles. The zero-order valence-electron chi connectivity index (χ0n) is 4.96. The van der Waals surface area contributed by atoms with Crippen molar-refractivity contribution in [3.8, 4) is 0 Å². The fourth-order valence-electron chi connectivity index (χ4n) is 0.248. The molecule has 3 nitrogen and oxygen atoms in total. The Morgan fingerprint density at radius 2 is 2.11 bits per heavy atom. The number of primary amides is 1. The first-order chi connectivity index (χ1) is 4.16. The Hall–Kier alpha value is -1.09. The predicted octanol–water partition coefficient (Wildman–Crippen LogP) is 0.0146. The van der Waals surface area contributed by atoms with Crippen LogP contribution in [0.15, 0.2) is 24.3 Å². The van der Waals surface area contributed by atoms with Crippen LogP contribution in [0.25, 0.3) is 0 Å². The van der Waals surface area contributed by atoms with Gasteiger partial charge in [0.25, 0.3) is 0 Å². The maximum Gasteiger partial charge on any atom is 0.241 e. The van der Waals surface area contributed by atoms with E-state index in [1.54, 1.807) is 0 Å². The summed E-state index contributed by atoms with van der Waals surface area (Å²) in [7, 11) is 0. The number of hydrogen-bond donors (Lipinski definition) is 1. The van der Waals surface area contributed by atoms with E-state index in [1.807, 2.05) is 0 Å². The predicted molar refractivity (Wildman–Crippen MR) is 33.0 cm³/mol. The summed E-state index contributed by atoms with van der Waals surface area (Å²) in [5.41, 5.74) is 5.08. The van der Waals surface area contributed by atoms with E-state index in [9.17, 15) is 9.90 Å². The van der Waals surface area contributed by atoms with Crippen molar-refractivity contribution < 1.29 is 9.90 Å². The third-order valence-corrected chi connectivity index (χ3v) is 0.669. The summed E-state index contributed by atoms with van der Waals surface area (Å²) >= 11 is 0. The van der Waals surface area contributed by atoms with Gasteiger partial charge in [0.2, 0.25) is 5.91 Å². The van der Waals surface area contributed by atoms with Gasteiger partial charge in [-0.1, -0.05) is 12.7 Å². The number of carbonyl (C=O) groups is 1. The van der Waals surface area contributed by atoms with Gasteiger partial charge in [-0.2, -0.15) is 0 Å². The molecule has 3 heteroatoms. The van der Waals surface area contributed by atoms with Gasteiger partial charge in [0, 0.05) is 6.08 Å². The van der Waals surface area contributed by atoms with Crippen LogP contribution in [-0.2, 0) is 9.90 Å². The van der Waals surface area contributed by atoms with Crippen LogP contribution in [-0.4, -0.2) is 12.5 Å². The molecule has 49 valence electrons. The van der Waals surface area contributed by atoms with Crippen LogP contribution in [0.5, 0.6) is 0 Å². The molecule has 0 aliphatic rings. The van der Waals surface area contributed by atoms with Crippen LogP contribution in [0.4, 0.5) is 0 Å². The van der Waals surface area contributed by atoms with Gasteiger partial charge in [-0.05, 0) is 5.57 Å². The Labute approximate surface area is 53.5 Å². The maximum absolute atomic E-state index is 10.0. The minimum absolute atomic E-state index is 0.355. The van der Waals surface area contributed by atoms with Crippen LogP contribution in [0, 0.1) is 0 Å². The quantitative estimate of drug-likeness (QED) is 0.420. The normalized spacial score (nSPS) is 9.89. The van der Waals surface area contributed by atoms with E-state index in [0.717, 1.165) is 6.08 Å². The van der Waals surface area contributed by atoms with E-state index in [2.05, 4.69) is 6.58 Å². The van der Waals surface area contributed by atoms with E-state index < -0.39 is 12.5 Å². The van der Waals surface area contributed by atoms with Crippen LogP contribution in [0.3, 0.4) is 0 Å². The molecular formula is C6H8NO2. The Kier molecular flexibility index (Phi) is 3.39. The summed E-state index contributed by atoms with van der Waals surface area (Å²) in [6.45, 7) is 2.94. The zero-order valence-corrected chi connectivity index (χ0v) is 4.96. The molecule has 2 N–H and O–H groups in total. The van der Waals surface area contributed by atoms with Gasteiger partial charge in [-0.3, -0.25) is 4.79 Å². The summed E-state index contributed by atoms with van der Waals surface area (Å²) < 4.78 is 0. The first-order valence-electron chi connectivity index (χ1n) is 2.40. The van der Waals surface area contributed by atoms with Gasteiger partial charge in [0.15, 0.2) is 0 Å². The number of amides is 1. The SMILES string of the molecule is C=C(C=CC(N)=O)C[O]. The van der Waals surface area contributed by atoms with Crippen molar-refractivity contribution in [2.24, 2.45) is 5.73 Å². The fraction of sp³-hybridized carbons (Fsp3) is 0.167. The van der Waals surface area contributed by atoms with Crippen LogP contribution >= 0.6 is 0 Å². The summed E-state index contributed by atoms with van der Waals surface area (Å²) in [6.07, 6.45) is 2.43. The van der Waals surface area contributed by atoms with Crippen LogP contribution in [0.2, 0.25) is 0 Å². The number of carbonyl (C=O) groups excluding carboxylic acids is 1. The molecule has 0 aromatic heterocycles. The summed E-state index contributed by atoms with van der Waals surface area (Å²) in [4.78, 5) is 10.0. The van der Waals surface area contributed by atoms with E-state index in [4.69, 9.17) is 5.73 Å². The van der Waals surface area contributed by atoms with Crippen molar-refractivity contribution in [3.63, 3.8) is 0 Å². The third kappa shape index (κ3) is 4.77. The molecule has 9 heavy (non-hydrogen) atoms. The smallest absolute Gasteiger partial charge is 0.241 e. The highest BCUT2D eigenvalue weighted by molar-refractivity contribution is 5.86. The summed E-state index contributed by atoms with van der Waals surface area (Å²) in [5.74, 6) is -0.565. The van der Waals surface area contributed by atoms with Crippen molar-refractivity contribution in [1.82, 2.24) is 0 Å². The highest BCUT2D eigenvalue weighted by atomic mass is 16.3. The maximum atomic E-state index is 10.0. The van der Waals surface area contributed by atoms with Crippen LogP contribution in [0.1, 0.15) is 0 Å². The van der Waals surface area contributed by atoms with E-state index >= 15 is 0 Å². The Balaban J connectivity index is 3.71. The molecule has 0 saturated heterocycles. The molecule has 0 aliphatic heterocycles. The highest BCUT2D eigenvalue weighted by Gasteiger charge is 1.85. The Morgan fingerprint density at radius 3 is 2.44 bits per heavy atom. The monoisotopic (exact) mass is 126 g/mol. The minimum atomic E-state index is -0.565. The molecule has 1 radical (unpaired) electrons. The molecule has 0 saturated carbocycles. The molecule has 0 aromatic rings. The molecule has 0 heterocycles. The molecular weight excluding hydrogens is 118 g/mol. The first kappa shape index (κ1) is 7.91. The van der Waals surface area contributed by atoms with E-state index in [-0.39, 0.29) is 0 Å². The van der Waals surface area contributed by atoms with Gasteiger partial charge >= 0.3 is 0 Å². The Morgan fingerprint density at radius 1 is 1.56 bits per heavy atom. The Bertz CT molecular complexity index is 149. The standard InChI is InChI=1S/C6H8NO2/c1-5(4-8)2-3-6(7)9/h2-3H,1,4H2,(H2,7,9). The number of nitrogens with two attached hydrogens (primary N) is 1. The fourth-order valence-corrected chi connectivity index (χ4v) is 0.248. The van der Waals surface area contributed by atoms with Crippen LogP contribution < -0.4 is 5.73 Å². The molecule has 0 aliphatic carbocycles. The molecule has 0 fully saturated rings. The number of rotatable bonds is 3. The highest BCUT2D eigenvalue weighted by Crippen LogP contribution is 1.88. The van der Waals surface area contributed by atoms with Crippen molar-refractivity contribution in [3.05, 3.63) is 24.3 Å². The lowest BCUT2D eigenvalue weighted by Crippen LogP contribution is -2.05. The lowest BCUT2D eigenvalue weighted by Gasteiger charge is -1.85. The zero-order chi connectivity index (χ0) is 7.28. The second-order valence-corrected chi connectivity index (χ2v) is 1.54. The number of hydrogen-bond acceptors (Lipinski definition) is 1. The topological polar surface area (TPSA) is 63.0 Å². The van der Waals surface area contributed by atoms with E-state index in [0.29, 0.717) is 5.57 Å². The van der Waals surface area contributed by atoms with Crippen molar-refractivity contribution in [2.45, 2.75) is 0 Å². The third-order valence-electron chi connectivity index (χ3n) is 0.669. The summed E-state index contributed by atoms with van der Waals surface area (Å²) in [6, 6.07) is 0. The van der Waals surface area contributed by atoms with Gasteiger partial charge in [-0.15, -0.1) is 0 Å². The first-order valence-corrected chi connectivity index (χ1v) is 2.40. The molecule has 0 rings (SSSR count). The molecule has 1 amide bonds. The largest absolute Gasteiger partial charge is 0.366 e. The second-order valence-electron chi connectivity index (χ2n) is 1.54. The average molecular weight is 126 g/mol. The van der Waals surface area contributed by atoms with Crippen molar-refractivity contribution in [1.29, 1.82) is 0 Å². The summed E-state index contributed by atoms with van der Waals surface area (Å²) in [5, 5.41) is 9.94. The van der Waals surface area contributed by atoms with Gasteiger partial charge in [-0.25, -0.2) is 5.11 Å². The van der Waals surface area contributed by atoms with Gasteiger partial charge < -0.3 is 5.73 Å². The lowest BCUT2D eigenvalue weighted by molar-refractivity contribution is -0.113. The van der Waals surface area contributed by atoms with Gasteiger partial charge in [0.05, 0.1) is 0 Å². The molecule has 0 atom stereocenters. The molecule has 0 unspecified atom stereocenters.